The molecule has 0 bridgehead atoms. The number of nitrogens with one attached hydrogen (secondary N) is 2. The zero-order chi connectivity index (χ0) is 21.8. The smallest absolute Gasteiger partial charge is 0.408 e. The summed E-state index contributed by atoms with van der Waals surface area (Å²) in [6.07, 6.45) is 5.45. The Hall–Kier alpha value is -2.22. The monoisotopic (exact) mass is 436 g/mol. The predicted molar refractivity (Wildman–Crippen MR) is 117 cm³/mol. The molecule has 166 valence electrons. The van der Waals surface area contributed by atoms with Crippen LogP contribution in [-0.4, -0.2) is 48.2 Å². The molecule has 0 aromatic heterocycles. The van der Waals surface area contributed by atoms with Crippen molar-refractivity contribution < 1.29 is 23.9 Å². The SMILES string of the molecule is CCOC(=O)[C@H](CCSC)NC(=O)C1(NC(=O)OCc2ccccc2)CCCCC1. The van der Waals surface area contributed by atoms with E-state index >= 15 is 0 Å². The van der Waals surface area contributed by atoms with Gasteiger partial charge >= 0.3 is 12.1 Å². The number of carbonyl (C=O) groups excluding carboxylic acids is 3. The standard InChI is InChI=1S/C22H32N2O5S/c1-3-28-19(25)18(12-15-30-2)23-20(26)22(13-8-5-9-14-22)24-21(27)29-16-17-10-6-4-7-11-17/h4,6-7,10-11,18H,3,5,8-9,12-16H2,1-2H3,(H,23,26)(H,24,27)/t18-/m0/s1. The Morgan fingerprint density at radius 3 is 2.43 bits per heavy atom. The molecule has 2 amide bonds. The van der Waals surface area contributed by atoms with Gasteiger partial charge in [-0.2, -0.15) is 11.8 Å². The fourth-order valence-corrected chi connectivity index (χ4v) is 4.01. The number of benzene rings is 1. The van der Waals surface area contributed by atoms with E-state index in [1.165, 1.54) is 0 Å². The Labute approximate surface area is 182 Å². The zero-order valence-electron chi connectivity index (χ0n) is 17.8. The van der Waals surface area contributed by atoms with Crippen LogP contribution in [0.5, 0.6) is 0 Å². The third-order valence-corrected chi connectivity index (χ3v) is 5.83. The quantitative estimate of drug-likeness (QED) is 0.546. The van der Waals surface area contributed by atoms with Gasteiger partial charge in [0.05, 0.1) is 6.61 Å². The molecule has 0 unspecified atom stereocenters. The van der Waals surface area contributed by atoms with Crippen molar-refractivity contribution in [3.63, 3.8) is 0 Å². The number of hydrogen-bond donors (Lipinski definition) is 2. The number of hydrogen-bond acceptors (Lipinski definition) is 6. The van der Waals surface area contributed by atoms with Gasteiger partial charge in [-0.05, 0) is 43.8 Å². The molecule has 2 rings (SSSR count). The van der Waals surface area contributed by atoms with E-state index in [1.54, 1.807) is 18.7 Å². The molecule has 1 atom stereocenters. The van der Waals surface area contributed by atoms with Gasteiger partial charge in [-0.3, -0.25) is 4.79 Å². The van der Waals surface area contributed by atoms with Crippen molar-refractivity contribution in [1.82, 2.24) is 10.6 Å². The van der Waals surface area contributed by atoms with Gasteiger partial charge < -0.3 is 20.1 Å². The summed E-state index contributed by atoms with van der Waals surface area (Å²) in [4.78, 5) is 38.0. The van der Waals surface area contributed by atoms with Crippen LogP contribution in [0.2, 0.25) is 0 Å². The number of thioether (sulfide) groups is 1. The summed E-state index contributed by atoms with van der Waals surface area (Å²) in [6, 6.07) is 8.64. The lowest BCUT2D eigenvalue weighted by atomic mass is 9.80. The molecule has 30 heavy (non-hydrogen) atoms. The van der Waals surface area contributed by atoms with Crippen LogP contribution >= 0.6 is 11.8 Å². The average Bonchev–Trinajstić information content (AvgIpc) is 2.76. The Morgan fingerprint density at radius 1 is 1.10 bits per heavy atom. The van der Waals surface area contributed by atoms with E-state index in [-0.39, 0.29) is 19.1 Å². The first-order valence-corrected chi connectivity index (χ1v) is 11.9. The van der Waals surface area contributed by atoms with Crippen LogP contribution in [0.3, 0.4) is 0 Å². The van der Waals surface area contributed by atoms with Crippen LogP contribution in [0.25, 0.3) is 0 Å². The van der Waals surface area contributed by atoms with Crippen LogP contribution in [0, 0.1) is 0 Å². The van der Waals surface area contributed by atoms with E-state index in [9.17, 15) is 14.4 Å². The van der Waals surface area contributed by atoms with E-state index in [0.29, 0.717) is 25.0 Å². The Balaban J connectivity index is 2.04. The first-order chi connectivity index (χ1) is 14.5. The lowest BCUT2D eigenvalue weighted by Gasteiger charge is -2.37. The van der Waals surface area contributed by atoms with Crippen LogP contribution in [-0.2, 0) is 25.7 Å². The highest BCUT2D eigenvalue weighted by Crippen LogP contribution is 2.29. The zero-order valence-corrected chi connectivity index (χ0v) is 18.6. The number of alkyl carbamates (subject to hydrolysis) is 1. The van der Waals surface area contributed by atoms with Crippen LogP contribution < -0.4 is 10.6 Å². The lowest BCUT2D eigenvalue weighted by Crippen LogP contribution is -2.62. The summed E-state index contributed by atoms with van der Waals surface area (Å²) in [6.45, 7) is 2.11. The van der Waals surface area contributed by atoms with Crippen molar-refractivity contribution in [2.24, 2.45) is 0 Å². The highest BCUT2D eigenvalue weighted by Gasteiger charge is 2.42. The number of rotatable bonds is 10. The van der Waals surface area contributed by atoms with Crippen molar-refractivity contribution in [3.8, 4) is 0 Å². The fraction of sp³-hybridized carbons (Fsp3) is 0.591. The van der Waals surface area contributed by atoms with Crippen molar-refractivity contribution >= 4 is 29.7 Å². The van der Waals surface area contributed by atoms with E-state index in [2.05, 4.69) is 10.6 Å². The highest BCUT2D eigenvalue weighted by molar-refractivity contribution is 7.98. The summed E-state index contributed by atoms with van der Waals surface area (Å²) < 4.78 is 10.5. The minimum absolute atomic E-state index is 0.129. The molecule has 2 N–H and O–H groups in total. The topological polar surface area (TPSA) is 93.7 Å². The molecule has 7 nitrogen and oxygen atoms in total. The van der Waals surface area contributed by atoms with Gasteiger partial charge in [0.15, 0.2) is 0 Å². The molecule has 8 heteroatoms. The average molecular weight is 437 g/mol. The summed E-state index contributed by atoms with van der Waals surface area (Å²) in [5.74, 6) is -0.0842. The van der Waals surface area contributed by atoms with Gasteiger partial charge in [0, 0.05) is 0 Å². The highest BCUT2D eigenvalue weighted by atomic mass is 32.2. The second kappa shape index (κ2) is 12.5. The number of carbonyl (C=O) groups is 3. The maximum absolute atomic E-state index is 13.2. The van der Waals surface area contributed by atoms with Crippen LogP contribution in [0.4, 0.5) is 4.79 Å². The Morgan fingerprint density at radius 2 is 1.80 bits per heavy atom. The van der Waals surface area contributed by atoms with E-state index < -0.39 is 23.6 Å². The molecule has 1 aromatic carbocycles. The molecule has 0 aliphatic heterocycles. The molecule has 1 fully saturated rings. The van der Waals surface area contributed by atoms with Gasteiger partial charge in [0.2, 0.25) is 5.91 Å². The van der Waals surface area contributed by atoms with Crippen molar-refractivity contribution in [1.29, 1.82) is 0 Å². The molecular formula is C22H32N2O5S. The molecule has 0 radical (unpaired) electrons. The third kappa shape index (κ3) is 7.23. The minimum Gasteiger partial charge on any atom is -0.464 e. The van der Waals surface area contributed by atoms with Gasteiger partial charge in [0.1, 0.15) is 18.2 Å². The van der Waals surface area contributed by atoms with Crippen molar-refractivity contribution in [2.45, 2.75) is 63.6 Å². The molecule has 0 heterocycles. The van der Waals surface area contributed by atoms with Gasteiger partial charge in [-0.25, -0.2) is 9.59 Å². The number of amides is 2. The molecule has 1 aliphatic rings. The largest absolute Gasteiger partial charge is 0.464 e. The maximum atomic E-state index is 13.2. The third-order valence-electron chi connectivity index (χ3n) is 5.18. The summed E-state index contributed by atoms with van der Waals surface area (Å²) >= 11 is 1.59. The van der Waals surface area contributed by atoms with Crippen molar-refractivity contribution in [2.75, 3.05) is 18.6 Å². The summed E-state index contributed by atoms with van der Waals surface area (Å²) in [5.41, 5.74) is -0.204. The fourth-order valence-electron chi connectivity index (χ4n) is 3.54. The summed E-state index contributed by atoms with van der Waals surface area (Å²) in [5, 5.41) is 5.63. The molecule has 1 aliphatic carbocycles. The van der Waals surface area contributed by atoms with E-state index in [4.69, 9.17) is 9.47 Å². The number of ether oxygens (including phenoxy) is 2. The Bertz CT molecular complexity index is 692. The van der Waals surface area contributed by atoms with Gasteiger partial charge in [0.25, 0.3) is 0 Å². The lowest BCUT2D eigenvalue weighted by molar-refractivity contribution is -0.148. The van der Waals surface area contributed by atoms with E-state index in [1.807, 2.05) is 36.6 Å². The van der Waals surface area contributed by atoms with Crippen molar-refractivity contribution in [3.05, 3.63) is 35.9 Å². The maximum Gasteiger partial charge on any atom is 0.408 e. The number of esters is 1. The van der Waals surface area contributed by atoms with Gasteiger partial charge in [-0.1, -0.05) is 49.6 Å². The van der Waals surface area contributed by atoms with Crippen LogP contribution in [0.1, 0.15) is 51.0 Å². The molecular weight excluding hydrogens is 404 g/mol. The summed E-state index contributed by atoms with van der Waals surface area (Å²) in [7, 11) is 0. The van der Waals surface area contributed by atoms with Gasteiger partial charge in [-0.15, -0.1) is 0 Å². The molecule has 0 saturated heterocycles. The Kier molecular flexibility index (Phi) is 10.00. The molecule has 0 spiro atoms. The first-order valence-electron chi connectivity index (χ1n) is 10.5. The second-order valence-corrected chi connectivity index (χ2v) is 8.37. The molecule has 1 saturated carbocycles. The van der Waals surface area contributed by atoms with Crippen LogP contribution in [0.15, 0.2) is 30.3 Å². The minimum atomic E-state index is -1.07. The second-order valence-electron chi connectivity index (χ2n) is 7.39. The predicted octanol–water partition coefficient (Wildman–Crippen LogP) is 3.42. The van der Waals surface area contributed by atoms with E-state index in [0.717, 1.165) is 24.8 Å². The molecule has 1 aromatic rings. The first kappa shape index (κ1) is 24.1. The normalized spacial score (nSPS) is 16.2.